The Morgan fingerprint density at radius 2 is 0.833 bits per heavy atom. The van der Waals surface area contributed by atoms with Gasteiger partial charge in [-0.3, -0.25) is 0 Å². The van der Waals surface area contributed by atoms with Crippen molar-refractivity contribution in [1.82, 2.24) is 19.5 Å². The van der Waals surface area contributed by atoms with Gasteiger partial charge in [-0.2, -0.15) is 0 Å². The number of aromatic nitrogens is 4. The van der Waals surface area contributed by atoms with Crippen LogP contribution < -0.4 is 0 Å². The molecular formula is C61H36N4O. The average Bonchev–Trinajstić information content (AvgIpc) is 3.92. The molecule has 0 saturated carbocycles. The normalized spacial score (nSPS) is 11.9. The van der Waals surface area contributed by atoms with Crippen molar-refractivity contribution in [3.05, 3.63) is 218 Å². The standard InChI is InChI=1S/C61H36N4O/c1-2-13-37(14-3-1)40-21-10-22-45(31-40)59-62-60(64-61(63-59)48-24-11-20-38-15-8-9-23-47(38)48)46-28-27-39-29-30-56-57(49(39)34-46)58-52(25-12-26-55(58)66-56)65-53-35-43-18-6-4-16-41(43)32-50(53)51-33-42-17-5-7-19-44(42)36-54(51)65/h1-36H. The van der Waals surface area contributed by atoms with Gasteiger partial charge in [-0.1, -0.05) is 164 Å². The Balaban J connectivity index is 1.03. The molecule has 3 aromatic heterocycles. The van der Waals surface area contributed by atoms with Gasteiger partial charge in [0.25, 0.3) is 0 Å². The zero-order chi connectivity index (χ0) is 43.3. The van der Waals surface area contributed by atoms with E-state index in [1.54, 1.807) is 0 Å². The van der Waals surface area contributed by atoms with Gasteiger partial charge in [0.15, 0.2) is 17.5 Å². The van der Waals surface area contributed by atoms with Gasteiger partial charge in [0.2, 0.25) is 0 Å². The summed E-state index contributed by atoms with van der Waals surface area (Å²) < 4.78 is 9.24. The third-order valence-electron chi connectivity index (χ3n) is 13.4. The van der Waals surface area contributed by atoms with E-state index in [2.05, 4.69) is 217 Å². The molecule has 0 N–H and O–H groups in total. The van der Waals surface area contributed by atoms with Crippen molar-refractivity contribution in [3.8, 4) is 51.0 Å². The fraction of sp³-hybridized carbons (Fsp3) is 0. The Hall–Kier alpha value is -8.93. The average molecular weight is 841 g/mol. The van der Waals surface area contributed by atoms with Crippen LogP contribution in [0, 0.1) is 0 Å². The van der Waals surface area contributed by atoms with Crippen molar-refractivity contribution in [2.24, 2.45) is 0 Å². The Morgan fingerprint density at radius 3 is 1.58 bits per heavy atom. The molecule has 0 aliphatic carbocycles. The summed E-state index contributed by atoms with van der Waals surface area (Å²) in [6.45, 7) is 0. The molecule has 306 valence electrons. The van der Waals surface area contributed by atoms with E-state index in [1.807, 2.05) is 6.07 Å². The number of rotatable bonds is 5. The highest BCUT2D eigenvalue weighted by Gasteiger charge is 2.22. The van der Waals surface area contributed by atoms with Crippen LogP contribution >= 0.6 is 0 Å². The van der Waals surface area contributed by atoms with Crippen LogP contribution in [0.3, 0.4) is 0 Å². The van der Waals surface area contributed by atoms with E-state index in [0.717, 1.165) is 88.0 Å². The monoisotopic (exact) mass is 840 g/mol. The molecule has 0 unspecified atom stereocenters. The zero-order valence-electron chi connectivity index (χ0n) is 35.5. The molecule has 0 aliphatic rings. The molecule has 0 spiro atoms. The minimum atomic E-state index is 0.598. The first-order chi connectivity index (χ1) is 32.7. The first kappa shape index (κ1) is 36.5. The van der Waals surface area contributed by atoms with E-state index in [-0.39, 0.29) is 0 Å². The molecule has 0 fully saturated rings. The van der Waals surface area contributed by atoms with Crippen molar-refractivity contribution in [1.29, 1.82) is 0 Å². The molecule has 0 saturated heterocycles. The van der Waals surface area contributed by atoms with Crippen molar-refractivity contribution in [2.45, 2.75) is 0 Å². The SMILES string of the molecule is c1ccc(-c2cccc(-c3nc(-c4ccc5ccc6oc7cccc(-n8c9cc%10ccccc%10cc9c9cc%10ccccc%10cc98)c7c6c5c4)nc(-c4cccc5ccccc45)n3)c2)cc1. The largest absolute Gasteiger partial charge is 0.456 e. The Labute approximate surface area is 378 Å². The Bertz CT molecular complexity index is 4200. The van der Waals surface area contributed by atoms with Gasteiger partial charge in [0.1, 0.15) is 11.2 Å². The third kappa shape index (κ3) is 5.70. The summed E-state index contributed by atoms with van der Waals surface area (Å²) in [5, 5.41) is 13.8. The van der Waals surface area contributed by atoms with Gasteiger partial charge >= 0.3 is 0 Å². The van der Waals surface area contributed by atoms with E-state index in [1.165, 1.54) is 32.3 Å². The molecular weight excluding hydrogens is 805 g/mol. The van der Waals surface area contributed by atoms with Crippen LogP contribution in [-0.4, -0.2) is 19.5 Å². The number of furan rings is 1. The molecule has 0 aliphatic heterocycles. The van der Waals surface area contributed by atoms with Gasteiger partial charge in [-0.25, -0.2) is 15.0 Å². The van der Waals surface area contributed by atoms with Gasteiger partial charge < -0.3 is 8.98 Å². The number of nitrogens with zero attached hydrogens (tertiary/aromatic N) is 4. The highest BCUT2D eigenvalue weighted by atomic mass is 16.3. The molecule has 3 heterocycles. The van der Waals surface area contributed by atoms with Crippen molar-refractivity contribution in [3.63, 3.8) is 0 Å². The predicted molar refractivity (Wildman–Crippen MR) is 273 cm³/mol. The molecule has 11 aromatic carbocycles. The Kier molecular flexibility index (Phi) is 7.91. The molecule has 5 nitrogen and oxygen atoms in total. The number of hydrogen-bond donors (Lipinski definition) is 0. The van der Waals surface area contributed by atoms with E-state index in [9.17, 15) is 0 Å². The fourth-order valence-electron chi connectivity index (χ4n) is 10.2. The summed E-state index contributed by atoms with van der Waals surface area (Å²) >= 11 is 0. The molecule has 66 heavy (non-hydrogen) atoms. The highest BCUT2D eigenvalue weighted by molar-refractivity contribution is 6.24. The maximum atomic E-state index is 6.80. The summed E-state index contributed by atoms with van der Waals surface area (Å²) in [6, 6.07) is 77.5. The molecule has 0 atom stereocenters. The second kappa shape index (κ2) is 14.3. The number of hydrogen-bond acceptors (Lipinski definition) is 4. The van der Waals surface area contributed by atoms with Crippen LogP contribution in [0.5, 0.6) is 0 Å². The van der Waals surface area contributed by atoms with Crippen LogP contribution in [0.25, 0.3) is 138 Å². The second-order valence-electron chi connectivity index (χ2n) is 17.2. The quantitative estimate of drug-likeness (QED) is 0.173. The molecule has 0 radical (unpaired) electrons. The molecule has 0 bridgehead atoms. The summed E-state index contributed by atoms with van der Waals surface area (Å²) in [7, 11) is 0. The topological polar surface area (TPSA) is 56.7 Å². The Morgan fingerprint density at radius 1 is 0.303 bits per heavy atom. The lowest BCUT2D eigenvalue weighted by atomic mass is 10.00. The van der Waals surface area contributed by atoms with Gasteiger partial charge in [0.05, 0.1) is 22.1 Å². The highest BCUT2D eigenvalue weighted by Crippen LogP contribution is 2.44. The van der Waals surface area contributed by atoms with Crippen molar-refractivity contribution in [2.75, 3.05) is 0 Å². The van der Waals surface area contributed by atoms with Gasteiger partial charge in [0, 0.05) is 32.8 Å². The van der Waals surface area contributed by atoms with Crippen LogP contribution in [0.15, 0.2) is 223 Å². The summed E-state index contributed by atoms with van der Waals surface area (Å²) in [4.78, 5) is 15.8. The molecule has 0 amide bonds. The van der Waals surface area contributed by atoms with E-state index >= 15 is 0 Å². The number of fused-ring (bicyclic) bond motifs is 11. The third-order valence-corrected chi connectivity index (χ3v) is 13.4. The smallest absolute Gasteiger partial charge is 0.164 e. The maximum absolute atomic E-state index is 6.80. The lowest BCUT2D eigenvalue weighted by Crippen LogP contribution is -2.01. The zero-order valence-corrected chi connectivity index (χ0v) is 35.5. The summed E-state index contributed by atoms with van der Waals surface area (Å²) in [5.41, 5.74) is 10.0. The lowest BCUT2D eigenvalue weighted by molar-refractivity contribution is 0.669. The first-order valence-corrected chi connectivity index (χ1v) is 22.3. The van der Waals surface area contributed by atoms with Crippen LogP contribution in [-0.2, 0) is 0 Å². The molecule has 14 aromatic rings. The van der Waals surface area contributed by atoms with Gasteiger partial charge in [-0.15, -0.1) is 0 Å². The number of benzene rings is 11. The minimum absolute atomic E-state index is 0.598. The minimum Gasteiger partial charge on any atom is -0.456 e. The van der Waals surface area contributed by atoms with E-state index in [4.69, 9.17) is 19.4 Å². The lowest BCUT2D eigenvalue weighted by Gasteiger charge is -2.12. The van der Waals surface area contributed by atoms with E-state index < -0.39 is 0 Å². The maximum Gasteiger partial charge on any atom is 0.164 e. The predicted octanol–water partition coefficient (Wildman–Crippen LogP) is 16.1. The first-order valence-electron chi connectivity index (χ1n) is 22.3. The fourth-order valence-corrected chi connectivity index (χ4v) is 10.2. The van der Waals surface area contributed by atoms with Crippen molar-refractivity contribution >= 4 is 86.8 Å². The van der Waals surface area contributed by atoms with Crippen molar-refractivity contribution < 1.29 is 4.42 Å². The second-order valence-corrected chi connectivity index (χ2v) is 17.2. The van der Waals surface area contributed by atoms with Crippen LogP contribution in [0.2, 0.25) is 0 Å². The van der Waals surface area contributed by atoms with Crippen LogP contribution in [0.1, 0.15) is 0 Å². The summed E-state index contributed by atoms with van der Waals surface area (Å²) in [5.74, 6) is 1.83. The molecule has 14 rings (SSSR count). The summed E-state index contributed by atoms with van der Waals surface area (Å²) in [6.07, 6.45) is 0. The van der Waals surface area contributed by atoms with Gasteiger partial charge in [-0.05, 0) is 109 Å². The van der Waals surface area contributed by atoms with Crippen LogP contribution in [0.4, 0.5) is 0 Å². The van der Waals surface area contributed by atoms with E-state index in [0.29, 0.717) is 17.5 Å². The molecule has 5 heteroatoms.